The van der Waals surface area contributed by atoms with Crippen molar-refractivity contribution in [3.8, 4) is 5.75 Å². The molecule has 5 amide bonds. The van der Waals surface area contributed by atoms with Crippen LogP contribution in [0.4, 0.5) is 31.0 Å². The number of ether oxygens (including phenoxy) is 1. The summed E-state index contributed by atoms with van der Waals surface area (Å²) < 4.78 is 19.7. The van der Waals surface area contributed by atoms with E-state index in [1.807, 2.05) is 25.1 Å². The molecule has 3 atom stereocenters. The van der Waals surface area contributed by atoms with Crippen molar-refractivity contribution in [3.05, 3.63) is 84.2 Å². The molecule has 0 bridgehead atoms. The van der Waals surface area contributed by atoms with Gasteiger partial charge in [-0.3, -0.25) is 4.79 Å². The molecule has 1 aliphatic rings. The predicted molar refractivity (Wildman–Crippen MR) is 155 cm³/mol. The minimum absolute atomic E-state index is 0.148. The molecule has 0 aromatic heterocycles. The van der Waals surface area contributed by atoms with Gasteiger partial charge in [-0.05, 0) is 55.5 Å². The summed E-state index contributed by atoms with van der Waals surface area (Å²) in [6, 6.07) is 17.7. The second-order valence-electron chi connectivity index (χ2n) is 10.1. The molecule has 0 saturated heterocycles. The number of nitrogens with one attached hydrogen (secondary N) is 3. The maximum Gasteiger partial charge on any atom is 0.323 e. The molecule has 216 valence electrons. The summed E-state index contributed by atoms with van der Waals surface area (Å²) in [5.41, 5.74) is 1.47. The van der Waals surface area contributed by atoms with Crippen molar-refractivity contribution in [2.45, 2.75) is 26.0 Å². The smallest absolute Gasteiger partial charge is 0.323 e. The lowest BCUT2D eigenvalue weighted by molar-refractivity contribution is 0.0373. The van der Waals surface area contributed by atoms with Gasteiger partial charge < -0.3 is 35.6 Å². The molecule has 3 aromatic carbocycles. The molecular formula is C30H34FN5O5. The molecule has 1 aliphatic heterocycles. The van der Waals surface area contributed by atoms with Crippen molar-refractivity contribution in [1.29, 1.82) is 0 Å². The van der Waals surface area contributed by atoms with E-state index in [2.05, 4.69) is 16.0 Å². The van der Waals surface area contributed by atoms with E-state index in [0.29, 0.717) is 11.4 Å². The topological polar surface area (TPSA) is 123 Å². The summed E-state index contributed by atoms with van der Waals surface area (Å²) in [6.45, 7) is 3.86. The molecule has 1 heterocycles. The van der Waals surface area contributed by atoms with Crippen LogP contribution in [0.15, 0.2) is 72.8 Å². The number of likely N-dealkylation sites (N-methyl/N-ethyl adjacent to an activating group) is 1. The van der Waals surface area contributed by atoms with Gasteiger partial charge in [0.25, 0.3) is 5.91 Å². The third-order valence-electron chi connectivity index (χ3n) is 6.87. The molecule has 11 heteroatoms. The van der Waals surface area contributed by atoms with Crippen molar-refractivity contribution in [1.82, 2.24) is 9.80 Å². The number of rotatable bonds is 7. The number of halogens is 1. The van der Waals surface area contributed by atoms with Crippen molar-refractivity contribution in [3.63, 3.8) is 0 Å². The highest BCUT2D eigenvalue weighted by atomic mass is 19.1. The van der Waals surface area contributed by atoms with Crippen LogP contribution in [-0.4, -0.2) is 71.8 Å². The van der Waals surface area contributed by atoms with Crippen molar-refractivity contribution in [2.24, 2.45) is 5.92 Å². The zero-order chi connectivity index (χ0) is 29.5. The summed E-state index contributed by atoms with van der Waals surface area (Å²) in [4.78, 5) is 42.5. The maximum absolute atomic E-state index is 13.6. The number of fused-ring (bicyclic) bond motifs is 1. The maximum atomic E-state index is 13.6. The van der Waals surface area contributed by atoms with Gasteiger partial charge in [-0.2, -0.15) is 0 Å². The first-order chi connectivity index (χ1) is 19.7. The number of nitrogens with zero attached hydrogens (tertiary/aromatic N) is 2. The lowest BCUT2D eigenvalue weighted by Gasteiger charge is -2.38. The number of aliphatic hydroxyl groups is 1. The number of carbonyl (C=O) groups is 3. The van der Waals surface area contributed by atoms with Gasteiger partial charge in [0.2, 0.25) is 0 Å². The Bertz CT molecular complexity index is 1370. The second-order valence-corrected chi connectivity index (χ2v) is 10.1. The van der Waals surface area contributed by atoms with E-state index in [0.717, 1.165) is 0 Å². The third kappa shape index (κ3) is 7.31. The van der Waals surface area contributed by atoms with Gasteiger partial charge in [0.1, 0.15) is 11.9 Å². The van der Waals surface area contributed by atoms with E-state index in [1.165, 1.54) is 29.2 Å². The fourth-order valence-corrected chi connectivity index (χ4v) is 4.47. The SMILES string of the molecule is C[C@H](CO)N1C[C@H](C)[C@H](CN(C)C(=O)Nc2ccccc2)Oc2c(NC(=O)Nc3ccc(F)cc3)cccc2C1=O. The molecule has 0 radical (unpaired) electrons. The first-order valence-corrected chi connectivity index (χ1v) is 13.3. The Morgan fingerprint density at radius 3 is 2.39 bits per heavy atom. The molecule has 41 heavy (non-hydrogen) atoms. The van der Waals surface area contributed by atoms with Gasteiger partial charge in [-0.15, -0.1) is 0 Å². The monoisotopic (exact) mass is 563 g/mol. The Labute approximate surface area is 238 Å². The average molecular weight is 564 g/mol. The number of benzene rings is 3. The molecular weight excluding hydrogens is 529 g/mol. The standard InChI is InChI=1S/C30H34FN5O5/c1-19-16-36(20(2)18-37)28(38)24-10-7-11-25(34-29(39)32-23-14-12-21(31)13-15-23)27(24)41-26(19)17-35(3)30(40)33-22-8-5-4-6-9-22/h4-15,19-20,26,37H,16-18H2,1-3H3,(H,33,40)(H2,32,34,39)/t19-,20+,26-/m0/s1. The Kier molecular flexibility index (Phi) is 9.41. The Balaban J connectivity index is 1.61. The number of hydrogen-bond donors (Lipinski definition) is 4. The number of carbonyl (C=O) groups excluding carboxylic acids is 3. The van der Waals surface area contributed by atoms with E-state index >= 15 is 0 Å². The third-order valence-corrected chi connectivity index (χ3v) is 6.87. The number of urea groups is 2. The minimum Gasteiger partial charge on any atom is -0.485 e. The summed E-state index contributed by atoms with van der Waals surface area (Å²) >= 11 is 0. The highest BCUT2D eigenvalue weighted by Crippen LogP contribution is 2.35. The number of aliphatic hydroxyl groups excluding tert-OH is 1. The van der Waals surface area contributed by atoms with Crippen molar-refractivity contribution in [2.75, 3.05) is 42.7 Å². The van der Waals surface area contributed by atoms with Gasteiger partial charge in [-0.1, -0.05) is 31.2 Å². The highest BCUT2D eigenvalue weighted by molar-refractivity contribution is 6.04. The molecule has 0 aliphatic carbocycles. The lowest BCUT2D eigenvalue weighted by atomic mass is 9.99. The summed E-state index contributed by atoms with van der Waals surface area (Å²) in [7, 11) is 1.65. The van der Waals surface area contributed by atoms with Crippen molar-refractivity contribution >= 4 is 35.0 Å². The second kappa shape index (κ2) is 13.1. The summed E-state index contributed by atoms with van der Waals surface area (Å²) in [5, 5.41) is 18.1. The molecule has 4 rings (SSSR count). The van der Waals surface area contributed by atoms with Crippen LogP contribution >= 0.6 is 0 Å². The fourth-order valence-electron chi connectivity index (χ4n) is 4.47. The Morgan fingerprint density at radius 1 is 1.02 bits per heavy atom. The van der Waals surface area contributed by atoms with E-state index in [9.17, 15) is 23.9 Å². The summed E-state index contributed by atoms with van der Waals surface area (Å²) in [5.74, 6) is -0.898. The zero-order valence-electron chi connectivity index (χ0n) is 23.1. The van der Waals surface area contributed by atoms with Gasteiger partial charge >= 0.3 is 12.1 Å². The summed E-state index contributed by atoms with van der Waals surface area (Å²) in [6.07, 6.45) is -0.579. The number of amides is 5. The van der Waals surface area contributed by atoms with Crippen LogP contribution in [0.3, 0.4) is 0 Å². The minimum atomic E-state index is -0.618. The van der Waals surface area contributed by atoms with Crippen LogP contribution in [-0.2, 0) is 0 Å². The number of hydrogen-bond acceptors (Lipinski definition) is 5. The van der Waals surface area contributed by atoms with Crippen molar-refractivity contribution < 1.29 is 28.6 Å². The molecule has 0 spiro atoms. The van der Waals surface area contributed by atoms with Crippen LogP contribution in [0.25, 0.3) is 0 Å². The van der Waals surface area contributed by atoms with Crippen LogP contribution in [0, 0.1) is 11.7 Å². The first-order valence-electron chi connectivity index (χ1n) is 13.3. The van der Waals surface area contributed by atoms with E-state index < -0.39 is 24.0 Å². The average Bonchev–Trinajstić information content (AvgIpc) is 2.96. The molecule has 0 unspecified atom stereocenters. The van der Waals surface area contributed by atoms with Crippen LogP contribution in [0.1, 0.15) is 24.2 Å². The van der Waals surface area contributed by atoms with Gasteiger partial charge in [0.05, 0.1) is 30.4 Å². The van der Waals surface area contributed by atoms with Crippen LogP contribution in [0.2, 0.25) is 0 Å². The molecule has 3 aromatic rings. The molecule has 0 saturated carbocycles. The highest BCUT2D eigenvalue weighted by Gasteiger charge is 2.35. The quantitative estimate of drug-likeness (QED) is 0.327. The van der Waals surface area contributed by atoms with Gasteiger partial charge in [0.15, 0.2) is 5.75 Å². The van der Waals surface area contributed by atoms with E-state index in [4.69, 9.17) is 4.74 Å². The van der Waals surface area contributed by atoms with E-state index in [-0.39, 0.29) is 54.6 Å². The largest absolute Gasteiger partial charge is 0.485 e. The van der Waals surface area contributed by atoms with E-state index in [1.54, 1.807) is 49.2 Å². The predicted octanol–water partition coefficient (Wildman–Crippen LogP) is 4.85. The molecule has 10 nitrogen and oxygen atoms in total. The zero-order valence-corrected chi connectivity index (χ0v) is 23.1. The number of anilines is 3. The molecule has 4 N–H and O–H groups in total. The number of para-hydroxylation sites is 2. The Hall–Kier alpha value is -4.64. The fraction of sp³-hybridized carbons (Fsp3) is 0.300. The Morgan fingerprint density at radius 2 is 1.71 bits per heavy atom. The van der Waals surface area contributed by atoms with Gasteiger partial charge in [0, 0.05) is 30.9 Å². The van der Waals surface area contributed by atoms with Crippen LogP contribution < -0.4 is 20.7 Å². The molecule has 0 fully saturated rings. The van der Waals surface area contributed by atoms with Crippen LogP contribution in [0.5, 0.6) is 5.75 Å². The first kappa shape index (κ1) is 29.3. The van der Waals surface area contributed by atoms with Gasteiger partial charge in [-0.25, -0.2) is 14.0 Å². The normalized spacial score (nSPS) is 17.3. The lowest BCUT2D eigenvalue weighted by Crippen LogP contribution is -2.50.